The van der Waals surface area contributed by atoms with Crippen LogP contribution in [0.5, 0.6) is 5.75 Å². The van der Waals surface area contributed by atoms with Crippen molar-refractivity contribution in [2.75, 3.05) is 5.32 Å². The molecule has 6 heteroatoms. The van der Waals surface area contributed by atoms with Gasteiger partial charge in [-0.15, -0.1) is 0 Å². The quantitative estimate of drug-likeness (QED) is 0.556. The van der Waals surface area contributed by atoms with Gasteiger partial charge in [0.25, 0.3) is 5.91 Å². The van der Waals surface area contributed by atoms with Gasteiger partial charge in [-0.25, -0.2) is 0 Å². The second-order valence-electron chi connectivity index (χ2n) is 9.89. The molecule has 3 aromatic rings. The molecule has 176 valence electrons. The summed E-state index contributed by atoms with van der Waals surface area (Å²) < 4.78 is 5.95. The number of carbonyl (C=O) groups excluding carboxylic acids is 2. The SMILES string of the molecule is CC(C)(C)c1cccc(NC(=O)C2CCc3ccc(OCc4ccnc(C(N)=O)c4)cc3C2)c1. The average Bonchev–Trinajstić information content (AvgIpc) is 2.82. The van der Waals surface area contributed by atoms with Gasteiger partial charge in [0, 0.05) is 17.8 Å². The van der Waals surface area contributed by atoms with Gasteiger partial charge in [0.1, 0.15) is 18.1 Å². The van der Waals surface area contributed by atoms with E-state index >= 15 is 0 Å². The van der Waals surface area contributed by atoms with E-state index < -0.39 is 5.91 Å². The van der Waals surface area contributed by atoms with Crippen LogP contribution in [-0.4, -0.2) is 16.8 Å². The Morgan fingerprint density at radius 2 is 1.91 bits per heavy atom. The molecule has 4 rings (SSSR count). The predicted molar refractivity (Wildman–Crippen MR) is 133 cm³/mol. The maximum absolute atomic E-state index is 13.0. The van der Waals surface area contributed by atoms with E-state index in [1.54, 1.807) is 18.3 Å². The number of hydrogen-bond acceptors (Lipinski definition) is 4. The lowest BCUT2D eigenvalue weighted by Crippen LogP contribution is -2.28. The third kappa shape index (κ3) is 5.63. The number of aromatic nitrogens is 1. The van der Waals surface area contributed by atoms with E-state index in [1.807, 2.05) is 24.3 Å². The molecular formula is C28H31N3O3. The van der Waals surface area contributed by atoms with Gasteiger partial charge in [-0.3, -0.25) is 14.6 Å². The highest BCUT2D eigenvalue weighted by Crippen LogP contribution is 2.30. The second kappa shape index (κ2) is 9.67. The van der Waals surface area contributed by atoms with Gasteiger partial charge in [0.2, 0.25) is 5.91 Å². The number of nitrogens with zero attached hydrogens (tertiary/aromatic N) is 1. The molecule has 1 unspecified atom stereocenters. The molecule has 2 aromatic carbocycles. The van der Waals surface area contributed by atoms with Crippen LogP contribution in [0.4, 0.5) is 5.69 Å². The van der Waals surface area contributed by atoms with Crippen molar-refractivity contribution in [3.05, 3.63) is 88.7 Å². The first-order chi connectivity index (χ1) is 16.2. The van der Waals surface area contributed by atoms with Crippen LogP contribution in [-0.2, 0) is 29.7 Å². The van der Waals surface area contributed by atoms with Crippen molar-refractivity contribution in [2.45, 2.75) is 52.1 Å². The van der Waals surface area contributed by atoms with E-state index in [4.69, 9.17) is 10.5 Å². The Bertz CT molecular complexity index is 1210. The number of ether oxygens (including phenoxy) is 1. The number of anilines is 1. The number of pyridine rings is 1. The molecule has 1 aromatic heterocycles. The Hall–Kier alpha value is -3.67. The van der Waals surface area contributed by atoms with E-state index in [-0.39, 0.29) is 22.9 Å². The van der Waals surface area contributed by atoms with Gasteiger partial charge in [-0.2, -0.15) is 0 Å². The summed E-state index contributed by atoms with van der Waals surface area (Å²) in [5.74, 6) is 0.137. The van der Waals surface area contributed by atoms with E-state index in [1.165, 1.54) is 11.1 Å². The third-order valence-corrected chi connectivity index (χ3v) is 6.26. The molecule has 3 N–H and O–H groups in total. The first kappa shape index (κ1) is 23.5. The van der Waals surface area contributed by atoms with Crippen molar-refractivity contribution in [1.82, 2.24) is 4.98 Å². The summed E-state index contributed by atoms with van der Waals surface area (Å²) in [6.07, 6.45) is 3.91. The number of aryl methyl sites for hydroxylation is 1. The molecule has 0 saturated carbocycles. The summed E-state index contributed by atoms with van der Waals surface area (Å²) in [6, 6.07) is 17.6. The fourth-order valence-electron chi connectivity index (χ4n) is 4.22. The first-order valence-electron chi connectivity index (χ1n) is 11.6. The van der Waals surface area contributed by atoms with Crippen LogP contribution >= 0.6 is 0 Å². The third-order valence-electron chi connectivity index (χ3n) is 6.26. The molecule has 6 nitrogen and oxygen atoms in total. The minimum Gasteiger partial charge on any atom is -0.489 e. The van der Waals surface area contributed by atoms with Gasteiger partial charge in [-0.1, -0.05) is 39.0 Å². The molecule has 1 aliphatic rings. The summed E-state index contributed by atoms with van der Waals surface area (Å²) in [4.78, 5) is 28.3. The smallest absolute Gasteiger partial charge is 0.267 e. The van der Waals surface area contributed by atoms with E-state index in [2.05, 4.69) is 49.3 Å². The van der Waals surface area contributed by atoms with Crippen molar-refractivity contribution in [3.63, 3.8) is 0 Å². The normalized spacial score (nSPS) is 15.3. The molecule has 0 spiro atoms. The Labute approximate surface area is 200 Å². The summed E-state index contributed by atoms with van der Waals surface area (Å²) in [7, 11) is 0. The van der Waals surface area contributed by atoms with Crippen molar-refractivity contribution in [1.29, 1.82) is 0 Å². The average molecular weight is 458 g/mol. The summed E-state index contributed by atoms with van der Waals surface area (Å²) in [5.41, 5.74) is 10.8. The molecule has 0 aliphatic heterocycles. The molecule has 0 saturated heterocycles. The highest BCUT2D eigenvalue weighted by atomic mass is 16.5. The number of benzene rings is 2. The van der Waals surface area contributed by atoms with Gasteiger partial charge >= 0.3 is 0 Å². The zero-order valence-electron chi connectivity index (χ0n) is 19.9. The maximum Gasteiger partial charge on any atom is 0.267 e. The van der Waals surface area contributed by atoms with Crippen LogP contribution in [0.15, 0.2) is 60.8 Å². The summed E-state index contributed by atoms with van der Waals surface area (Å²) in [5, 5.41) is 3.12. The van der Waals surface area contributed by atoms with Crippen molar-refractivity contribution in [3.8, 4) is 5.75 Å². The zero-order chi connectivity index (χ0) is 24.3. The van der Waals surface area contributed by atoms with E-state index in [0.717, 1.165) is 35.4 Å². The minimum atomic E-state index is -0.565. The molecule has 2 amide bonds. The van der Waals surface area contributed by atoms with Gasteiger partial charge in [-0.05, 0) is 83.3 Å². The lowest BCUT2D eigenvalue weighted by Gasteiger charge is -2.25. The lowest BCUT2D eigenvalue weighted by molar-refractivity contribution is -0.120. The molecule has 1 aliphatic carbocycles. The second-order valence-corrected chi connectivity index (χ2v) is 9.89. The van der Waals surface area contributed by atoms with Crippen LogP contribution in [0.2, 0.25) is 0 Å². The number of nitrogens with one attached hydrogen (secondary N) is 1. The van der Waals surface area contributed by atoms with E-state index in [0.29, 0.717) is 13.0 Å². The topological polar surface area (TPSA) is 94.3 Å². The zero-order valence-corrected chi connectivity index (χ0v) is 19.9. The van der Waals surface area contributed by atoms with Crippen LogP contribution in [0.3, 0.4) is 0 Å². The van der Waals surface area contributed by atoms with Gasteiger partial charge < -0.3 is 15.8 Å². The Morgan fingerprint density at radius 1 is 1.09 bits per heavy atom. The predicted octanol–water partition coefficient (Wildman–Crippen LogP) is 4.80. The largest absolute Gasteiger partial charge is 0.489 e. The van der Waals surface area contributed by atoms with E-state index in [9.17, 15) is 9.59 Å². The molecule has 0 radical (unpaired) electrons. The first-order valence-corrected chi connectivity index (χ1v) is 11.6. The van der Waals surface area contributed by atoms with Gasteiger partial charge in [0.05, 0.1) is 0 Å². The summed E-state index contributed by atoms with van der Waals surface area (Å²) in [6.45, 7) is 6.79. The monoisotopic (exact) mass is 457 g/mol. The maximum atomic E-state index is 13.0. The number of nitrogens with two attached hydrogens (primary N) is 1. The number of fused-ring (bicyclic) bond motifs is 1. The minimum absolute atomic E-state index is 0.0264. The van der Waals surface area contributed by atoms with Crippen molar-refractivity contribution in [2.24, 2.45) is 11.7 Å². The fraction of sp³-hybridized carbons (Fsp3) is 0.321. The lowest BCUT2D eigenvalue weighted by atomic mass is 9.83. The van der Waals surface area contributed by atoms with Crippen molar-refractivity contribution < 1.29 is 14.3 Å². The molecule has 1 atom stereocenters. The van der Waals surface area contributed by atoms with Crippen LogP contribution in [0.1, 0.15) is 59.9 Å². The molecule has 0 fully saturated rings. The number of primary amides is 1. The molecule has 0 bridgehead atoms. The number of amides is 2. The highest BCUT2D eigenvalue weighted by molar-refractivity contribution is 5.93. The number of hydrogen-bond donors (Lipinski definition) is 2. The molecular weight excluding hydrogens is 426 g/mol. The molecule has 1 heterocycles. The van der Waals surface area contributed by atoms with Gasteiger partial charge in [0.15, 0.2) is 0 Å². The molecule has 34 heavy (non-hydrogen) atoms. The highest BCUT2D eigenvalue weighted by Gasteiger charge is 2.25. The fourth-order valence-corrected chi connectivity index (χ4v) is 4.22. The number of rotatable bonds is 6. The van der Waals surface area contributed by atoms with Crippen molar-refractivity contribution >= 4 is 17.5 Å². The van der Waals surface area contributed by atoms with Crippen LogP contribution in [0, 0.1) is 5.92 Å². The Morgan fingerprint density at radius 3 is 2.68 bits per heavy atom. The standard InChI is InChI=1S/C28H31N3O3/c1-28(2,3)22-5-4-6-23(16-22)31-27(33)20-8-7-19-9-10-24(15-21(19)14-20)34-17-18-11-12-30-25(13-18)26(29)32/h4-6,9-13,15-16,20H,7-8,14,17H2,1-3H3,(H2,29,32)(H,31,33). The Balaban J connectivity index is 1.41. The summed E-state index contributed by atoms with van der Waals surface area (Å²) >= 11 is 0. The number of carbonyl (C=O) groups is 2. The van der Waals surface area contributed by atoms with Crippen LogP contribution < -0.4 is 15.8 Å². The Kier molecular flexibility index (Phi) is 6.68. The van der Waals surface area contributed by atoms with Crippen LogP contribution in [0.25, 0.3) is 0 Å².